The van der Waals surface area contributed by atoms with Crippen LogP contribution in [0.3, 0.4) is 0 Å². The van der Waals surface area contributed by atoms with Gasteiger partial charge in [-0.05, 0) is 13.5 Å². The molecular formula is C22H23N9. The van der Waals surface area contributed by atoms with E-state index < -0.39 is 0 Å². The zero-order valence-corrected chi connectivity index (χ0v) is 17.5. The number of imidazole rings is 1. The third-order valence-electron chi connectivity index (χ3n) is 6.44. The smallest absolute Gasteiger partial charge is 0.237 e. The monoisotopic (exact) mass is 413 g/mol. The highest BCUT2D eigenvalue weighted by Crippen LogP contribution is 2.44. The number of fused-ring (bicyclic) bond motifs is 6. The van der Waals surface area contributed by atoms with Crippen LogP contribution in [0.4, 0.5) is 5.82 Å². The minimum atomic E-state index is -0.265. The topological polar surface area (TPSA) is 80.8 Å². The second-order valence-electron chi connectivity index (χ2n) is 8.16. The van der Waals surface area contributed by atoms with Gasteiger partial charge in [-0.3, -0.25) is 9.13 Å². The van der Waals surface area contributed by atoms with Crippen molar-refractivity contribution < 1.29 is 0 Å². The predicted molar refractivity (Wildman–Crippen MR) is 116 cm³/mol. The molecule has 1 saturated heterocycles. The Hall–Kier alpha value is -3.59. The molecule has 1 aromatic carbocycles. The van der Waals surface area contributed by atoms with E-state index in [1.54, 1.807) is 12.5 Å². The lowest BCUT2D eigenvalue weighted by Crippen LogP contribution is -2.62. The first-order valence-electron chi connectivity index (χ1n) is 10.5. The summed E-state index contributed by atoms with van der Waals surface area (Å²) in [5.41, 5.74) is 1.68. The molecule has 5 heterocycles. The highest BCUT2D eigenvalue weighted by atomic mass is 15.4. The van der Waals surface area contributed by atoms with Gasteiger partial charge >= 0.3 is 0 Å². The molecule has 31 heavy (non-hydrogen) atoms. The molecular weight excluding hydrogens is 390 g/mol. The van der Waals surface area contributed by atoms with E-state index in [0.29, 0.717) is 5.95 Å². The molecule has 0 bridgehead atoms. The highest BCUT2D eigenvalue weighted by molar-refractivity contribution is 5.65. The summed E-state index contributed by atoms with van der Waals surface area (Å²) in [5.74, 6) is 3.30. The van der Waals surface area contributed by atoms with Crippen LogP contribution in [0.2, 0.25) is 0 Å². The molecule has 1 fully saturated rings. The largest absolute Gasteiger partial charge is 0.339 e. The van der Waals surface area contributed by atoms with Crippen LogP contribution in [-0.4, -0.2) is 65.9 Å². The molecule has 0 amide bonds. The molecule has 6 rings (SSSR count). The molecule has 9 nitrogen and oxygen atoms in total. The maximum atomic E-state index is 5.07. The number of hydrogen-bond acceptors (Lipinski definition) is 7. The number of aromatic nitrogens is 7. The molecule has 2 aliphatic rings. The second kappa shape index (κ2) is 6.71. The van der Waals surface area contributed by atoms with Gasteiger partial charge in [0.2, 0.25) is 5.95 Å². The van der Waals surface area contributed by atoms with Crippen molar-refractivity contribution in [3.8, 4) is 23.0 Å². The molecule has 2 aliphatic heterocycles. The summed E-state index contributed by atoms with van der Waals surface area (Å²) < 4.78 is 3.99. The minimum Gasteiger partial charge on any atom is -0.339 e. The number of likely N-dealkylation sites (N-methyl/N-ethyl adjacent to an activating group) is 1. The van der Waals surface area contributed by atoms with Gasteiger partial charge in [-0.15, -0.1) is 10.2 Å². The van der Waals surface area contributed by atoms with E-state index in [1.165, 1.54) is 0 Å². The number of piperazine rings is 1. The number of rotatable bonds is 3. The number of nitrogens with zero attached hydrogens (tertiary/aromatic N) is 9. The molecule has 1 atom stereocenters. The zero-order valence-electron chi connectivity index (χ0n) is 17.5. The molecule has 4 aromatic rings. The summed E-state index contributed by atoms with van der Waals surface area (Å²) in [7, 11) is 2.16. The van der Waals surface area contributed by atoms with E-state index in [0.717, 1.165) is 54.8 Å². The van der Waals surface area contributed by atoms with E-state index >= 15 is 0 Å². The first-order chi connectivity index (χ1) is 15.2. The fourth-order valence-corrected chi connectivity index (χ4v) is 4.89. The summed E-state index contributed by atoms with van der Waals surface area (Å²) >= 11 is 0. The van der Waals surface area contributed by atoms with Crippen LogP contribution in [0.15, 0.2) is 55.2 Å². The lowest BCUT2D eigenvalue weighted by molar-refractivity contribution is 0.173. The molecule has 0 unspecified atom stereocenters. The predicted octanol–water partition coefficient (Wildman–Crippen LogP) is 2.28. The lowest BCUT2D eigenvalue weighted by atomic mass is 9.87. The Morgan fingerprint density at radius 2 is 1.94 bits per heavy atom. The van der Waals surface area contributed by atoms with E-state index in [2.05, 4.69) is 39.0 Å². The Morgan fingerprint density at radius 3 is 2.77 bits per heavy atom. The van der Waals surface area contributed by atoms with Crippen molar-refractivity contribution in [1.82, 2.24) is 39.2 Å². The fourth-order valence-electron chi connectivity index (χ4n) is 4.89. The normalized spacial score (nSPS) is 20.3. The third-order valence-corrected chi connectivity index (χ3v) is 6.44. The minimum absolute atomic E-state index is 0.265. The summed E-state index contributed by atoms with van der Waals surface area (Å²) in [6, 6.07) is 10.1. The van der Waals surface area contributed by atoms with Gasteiger partial charge in [-0.25, -0.2) is 9.97 Å². The van der Waals surface area contributed by atoms with Crippen molar-refractivity contribution in [3.05, 3.63) is 61.1 Å². The van der Waals surface area contributed by atoms with Gasteiger partial charge in [0.1, 0.15) is 23.4 Å². The fraction of sp³-hybridized carbons (Fsp3) is 0.318. The van der Waals surface area contributed by atoms with Crippen molar-refractivity contribution in [3.63, 3.8) is 0 Å². The van der Waals surface area contributed by atoms with Gasteiger partial charge in [0.15, 0.2) is 11.6 Å². The van der Waals surface area contributed by atoms with Gasteiger partial charge in [0.05, 0.1) is 6.20 Å². The number of benzene rings is 1. The molecule has 0 spiro atoms. The summed E-state index contributed by atoms with van der Waals surface area (Å²) in [6.45, 7) is 4.92. The molecule has 156 valence electrons. The molecule has 0 aliphatic carbocycles. The van der Waals surface area contributed by atoms with Crippen LogP contribution in [0.25, 0.3) is 23.0 Å². The number of hydrogen-bond donors (Lipinski definition) is 0. The molecule has 3 aromatic heterocycles. The Morgan fingerprint density at radius 1 is 1.06 bits per heavy atom. The van der Waals surface area contributed by atoms with E-state index in [-0.39, 0.29) is 5.54 Å². The lowest BCUT2D eigenvalue weighted by Gasteiger charge is -2.52. The van der Waals surface area contributed by atoms with E-state index in [9.17, 15) is 0 Å². The Labute approximate surface area is 180 Å². The van der Waals surface area contributed by atoms with Crippen molar-refractivity contribution in [1.29, 1.82) is 0 Å². The molecule has 0 saturated carbocycles. The Kier molecular flexibility index (Phi) is 3.94. The maximum absolute atomic E-state index is 5.07. The SMILES string of the molecule is CC[C@]12CN(C)CCN1c1nc(-n3ccnc3-c3ccccc3)ncc1-n1cnnc12. The van der Waals surface area contributed by atoms with E-state index in [4.69, 9.17) is 9.97 Å². The highest BCUT2D eigenvalue weighted by Gasteiger charge is 2.49. The van der Waals surface area contributed by atoms with Gasteiger partial charge < -0.3 is 9.80 Å². The van der Waals surface area contributed by atoms with Gasteiger partial charge in [0, 0.05) is 37.6 Å². The Bertz CT molecular complexity index is 1240. The van der Waals surface area contributed by atoms with Gasteiger partial charge in [0.25, 0.3) is 0 Å². The first-order valence-corrected chi connectivity index (χ1v) is 10.5. The van der Waals surface area contributed by atoms with E-state index in [1.807, 2.05) is 51.9 Å². The summed E-state index contributed by atoms with van der Waals surface area (Å²) in [5, 5.41) is 8.75. The van der Waals surface area contributed by atoms with Crippen LogP contribution in [0, 0.1) is 0 Å². The Balaban J connectivity index is 1.53. The standard InChI is InChI=1S/C22H23N9/c1-3-22-14-28(2)11-12-31(22)19-17(30-15-25-27-20(22)30)13-24-21(26-19)29-10-9-23-18(29)16-7-5-4-6-8-16/h4-10,13,15H,3,11-12,14H2,1-2H3/t22-/m1/s1. The van der Waals surface area contributed by atoms with Crippen LogP contribution < -0.4 is 4.90 Å². The summed E-state index contributed by atoms with van der Waals surface area (Å²) in [6.07, 6.45) is 8.25. The number of anilines is 1. The van der Waals surface area contributed by atoms with Crippen molar-refractivity contribution >= 4 is 5.82 Å². The van der Waals surface area contributed by atoms with Crippen molar-refractivity contribution in [2.75, 3.05) is 31.6 Å². The molecule has 0 N–H and O–H groups in total. The van der Waals surface area contributed by atoms with Gasteiger partial charge in [-0.1, -0.05) is 37.3 Å². The average molecular weight is 413 g/mol. The average Bonchev–Trinajstić information content (AvgIpc) is 3.49. The molecule has 0 radical (unpaired) electrons. The molecule has 9 heteroatoms. The summed E-state index contributed by atoms with van der Waals surface area (Å²) in [4.78, 5) is 19.1. The van der Waals surface area contributed by atoms with Crippen LogP contribution >= 0.6 is 0 Å². The van der Waals surface area contributed by atoms with Crippen molar-refractivity contribution in [2.24, 2.45) is 0 Å². The quantitative estimate of drug-likeness (QED) is 0.510. The van der Waals surface area contributed by atoms with Crippen LogP contribution in [0.5, 0.6) is 0 Å². The van der Waals surface area contributed by atoms with Crippen LogP contribution in [0.1, 0.15) is 19.2 Å². The second-order valence-corrected chi connectivity index (χ2v) is 8.16. The van der Waals surface area contributed by atoms with Crippen LogP contribution in [-0.2, 0) is 5.54 Å². The van der Waals surface area contributed by atoms with Crippen molar-refractivity contribution in [2.45, 2.75) is 18.9 Å². The maximum Gasteiger partial charge on any atom is 0.237 e. The third kappa shape index (κ3) is 2.56. The van der Waals surface area contributed by atoms with Gasteiger partial charge in [-0.2, -0.15) is 4.98 Å². The first kappa shape index (κ1) is 18.2. The zero-order chi connectivity index (χ0) is 21.0.